The van der Waals surface area contributed by atoms with Gasteiger partial charge in [-0.05, 0) is 36.4 Å². The highest BCUT2D eigenvalue weighted by atomic mass is 32.2. The third-order valence-electron chi connectivity index (χ3n) is 3.35. The highest BCUT2D eigenvalue weighted by Crippen LogP contribution is 2.17. The third kappa shape index (κ3) is 4.62. The van der Waals surface area contributed by atoms with Crippen LogP contribution in [0.5, 0.6) is 0 Å². The van der Waals surface area contributed by atoms with E-state index >= 15 is 0 Å². The highest BCUT2D eigenvalue weighted by molar-refractivity contribution is 7.90. The molecule has 2 aromatic rings. The lowest BCUT2D eigenvalue weighted by molar-refractivity contribution is 0.123. The van der Waals surface area contributed by atoms with Crippen molar-refractivity contribution in [3.05, 3.63) is 59.9 Å². The molecule has 0 saturated carbocycles. The van der Waals surface area contributed by atoms with Crippen LogP contribution in [0.1, 0.15) is 17.2 Å². The molecule has 0 amide bonds. The highest BCUT2D eigenvalue weighted by Gasteiger charge is 2.13. The first-order valence-electron chi connectivity index (χ1n) is 6.92. The number of aliphatic hydroxyl groups excluding tert-OH is 1. The maximum absolute atomic E-state index is 11.4. The number of likely N-dealkylation sites (N-methyl/N-ethyl adjacent to an activating group) is 1. The lowest BCUT2D eigenvalue weighted by atomic mass is 10.1. The molecule has 5 nitrogen and oxygen atoms in total. The number of pyridine rings is 1. The first-order valence-corrected chi connectivity index (χ1v) is 8.81. The molecule has 1 heterocycles. The van der Waals surface area contributed by atoms with Crippen LogP contribution in [0, 0.1) is 0 Å². The van der Waals surface area contributed by atoms with Gasteiger partial charge in [0.05, 0.1) is 11.0 Å². The fourth-order valence-electron chi connectivity index (χ4n) is 2.21. The average molecular weight is 320 g/mol. The molecule has 0 radical (unpaired) electrons. The van der Waals surface area contributed by atoms with Gasteiger partial charge in [0.15, 0.2) is 9.84 Å². The molecular weight excluding hydrogens is 300 g/mol. The van der Waals surface area contributed by atoms with Crippen molar-refractivity contribution < 1.29 is 13.5 Å². The number of rotatable bonds is 6. The predicted octanol–water partition coefficient (Wildman–Crippen LogP) is 1.65. The van der Waals surface area contributed by atoms with Crippen molar-refractivity contribution in [2.24, 2.45) is 0 Å². The summed E-state index contributed by atoms with van der Waals surface area (Å²) in [5.74, 6) is 0. The van der Waals surface area contributed by atoms with Gasteiger partial charge in [0.25, 0.3) is 0 Å². The molecule has 22 heavy (non-hydrogen) atoms. The molecular formula is C16H20N2O3S. The SMILES string of the molecule is CN(Cc1cccnc1)CC(O)c1ccc(S(C)(=O)=O)cc1. The molecule has 0 fully saturated rings. The minimum absolute atomic E-state index is 0.257. The molecule has 118 valence electrons. The summed E-state index contributed by atoms with van der Waals surface area (Å²) in [5.41, 5.74) is 1.77. The van der Waals surface area contributed by atoms with Gasteiger partial charge in [0.2, 0.25) is 0 Å². The summed E-state index contributed by atoms with van der Waals surface area (Å²) in [6, 6.07) is 10.2. The van der Waals surface area contributed by atoms with Crippen LogP contribution in [0.3, 0.4) is 0 Å². The minimum Gasteiger partial charge on any atom is -0.387 e. The van der Waals surface area contributed by atoms with Crippen molar-refractivity contribution in [2.75, 3.05) is 19.8 Å². The van der Waals surface area contributed by atoms with Crippen molar-refractivity contribution in [2.45, 2.75) is 17.5 Å². The largest absolute Gasteiger partial charge is 0.387 e. The Morgan fingerprint density at radius 2 is 1.91 bits per heavy atom. The van der Waals surface area contributed by atoms with Gasteiger partial charge in [0, 0.05) is 31.7 Å². The molecule has 1 atom stereocenters. The fourth-order valence-corrected chi connectivity index (χ4v) is 2.84. The Bertz CT molecular complexity index is 700. The Kier molecular flexibility index (Phi) is 5.28. The quantitative estimate of drug-likeness (QED) is 0.876. The zero-order valence-corrected chi connectivity index (χ0v) is 13.5. The van der Waals surface area contributed by atoms with Gasteiger partial charge in [-0.3, -0.25) is 9.88 Å². The molecule has 1 aromatic carbocycles. The second kappa shape index (κ2) is 7.00. The lowest BCUT2D eigenvalue weighted by Crippen LogP contribution is -2.24. The number of aliphatic hydroxyl groups is 1. The first-order chi connectivity index (χ1) is 10.4. The molecule has 2 rings (SSSR count). The van der Waals surface area contributed by atoms with E-state index in [1.165, 1.54) is 18.4 Å². The van der Waals surface area contributed by atoms with Gasteiger partial charge < -0.3 is 5.11 Å². The van der Waals surface area contributed by atoms with Crippen molar-refractivity contribution in [3.8, 4) is 0 Å². The maximum atomic E-state index is 11.4. The van der Waals surface area contributed by atoms with Gasteiger partial charge in [-0.15, -0.1) is 0 Å². The van der Waals surface area contributed by atoms with Crippen molar-refractivity contribution in [3.63, 3.8) is 0 Å². The van der Waals surface area contributed by atoms with Crippen LogP contribution in [-0.4, -0.2) is 43.3 Å². The van der Waals surface area contributed by atoms with E-state index < -0.39 is 15.9 Å². The normalized spacial score (nSPS) is 13.3. The summed E-state index contributed by atoms with van der Waals surface area (Å²) in [7, 11) is -1.29. The van der Waals surface area contributed by atoms with Gasteiger partial charge in [0.1, 0.15) is 0 Å². The number of benzene rings is 1. The minimum atomic E-state index is -3.21. The predicted molar refractivity (Wildman–Crippen MR) is 85.1 cm³/mol. The van der Waals surface area contributed by atoms with E-state index in [1.807, 2.05) is 24.1 Å². The average Bonchev–Trinajstić information content (AvgIpc) is 2.47. The van der Waals surface area contributed by atoms with Gasteiger partial charge in [-0.1, -0.05) is 18.2 Å². The topological polar surface area (TPSA) is 70.5 Å². The van der Waals surface area contributed by atoms with E-state index in [0.29, 0.717) is 18.7 Å². The molecule has 0 saturated heterocycles. The summed E-state index contributed by atoms with van der Waals surface area (Å²) in [6.45, 7) is 1.14. The van der Waals surface area contributed by atoms with Crippen LogP contribution in [-0.2, 0) is 16.4 Å². The van der Waals surface area contributed by atoms with Gasteiger partial charge >= 0.3 is 0 Å². The molecule has 0 aliphatic carbocycles. The molecule has 1 N–H and O–H groups in total. The number of hydrogen-bond acceptors (Lipinski definition) is 5. The first kappa shape index (κ1) is 16.6. The molecule has 0 bridgehead atoms. The van der Waals surface area contributed by atoms with Crippen molar-refractivity contribution >= 4 is 9.84 Å². The van der Waals surface area contributed by atoms with Crippen LogP contribution >= 0.6 is 0 Å². The lowest BCUT2D eigenvalue weighted by Gasteiger charge is -2.20. The summed E-state index contributed by atoms with van der Waals surface area (Å²) < 4.78 is 22.8. The molecule has 0 spiro atoms. The molecule has 0 aliphatic rings. The fraction of sp³-hybridized carbons (Fsp3) is 0.312. The smallest absolute Gasteiger partial charge is 0.175 e. The Hall–Kier alpha value is -1.76. The Balaban J connectivity index is 1.98. The van der Waals surface area contributed by atoms with Crippen molar-refractivity contribution in [1.29, 1.82) is 0 Å². The number of aromatic nitrogens is 1. The molecule has 1 aromatic heterocycles. The zero-order valence-electron chi connectivity index (χ0n) is 12.7. The zero-order chi connectivity index (χ0) is 16.2. The van der Waals surface area contributed by atoms with Crippen LogP contribution < -0.4 is 0 Å². The maximum Gasteiger partial charge on any atom is 0.175 e. The van der Waals surface area contributed by atoms with Crippen LogP contribution in [0.15, 0.2) is 53.7 Å². The summed E-state index contributed by atoms with van der Waals surface area (Å²) in [5, 5.41) is 10.3. The number of nitrogens with zero attached hydrogens (tertiary/aromatic N) is 2. The second-order valence-electron chi connectivity index (χ2n) is 5.42. The third-order valence-corrected chi connectivity index (χ3v) is 4.48. The summed E-state index contributed by atoms with van der Waals surface area (Å²) in [4.78, 5) is 6.31. The standard InChI is InChI=1S/C16H20N2O3S/c1-18(11-13-4-3-9-17-10-13)12-16(19)14-5-7-15(8-6-14)22(2,20)21/h3-10,16,19H,11-12H2,1-2H3. The Morgan fingerprint density at radius 3 is 2.45 bits per heavy atom. The molecule has 6 heteroatoms. The Labute approximate surface area is 131 Å². The number of hydrogen-bond donors (Lipinski definition) is 1. The van der Waals surface area contributed by atoms with E-state index in [4.69, 9.17) is 0 Å². The summed E-state index contributed by atoms with van der Waals surface area (Å²) in [6.07, 6.45) is 4.02. The van der Waals surface area contributed by atoms with Crippen LogP contribution in [0.2, 0.25) is 0 Å². The molecule has 1 unspecified atom stereocenters. The van der Waals surface area contributed by atoms with E-state index in [1.54, 1.807) is 24.5 Å². The van der Waals surface area contributed by atoms with Gasteiger partial charge in [-0.25, -0.2) is 8.42 Å². The van der Waals surface area contributed by atoms with Crippen LogP contribution in [0.25, 0.3) is 0 Å². The van der Waals surface area contributed by atoms with E-state index in [9.17, 15) is 13.5 Å². The Morgan fingerprint density at radius 1 is 1.23 bits per heavy atom. The summed E-state index contributed by atoms with van der Waals surface area (Å²) >= 11 is 0. The van der Waals surface area contributed by atoms with Crippen LogP contribution in [0.4, 0.5) is 0 Å². The van der Waals surface area contributed by atoms with E-state index in [0.717, 1.165) is 5.56 Å². The van der Waals surface area contributed by atoms with E-state index in [2.05, 4.69) is 4.98 Å². The van der Waals surface area contributed by atoms with E-state index in [-0.39, 0.29) is 4.90 Å². The molecule has 0 aliphatic heterocycles. The second-order valence-corrected chi connectivity index (χ2v) is 7.43. The van der Waals surface area contributed by atoms with Crippen molar-refractivity contribution in [1.82, 2.24) is 9.88 Å². The monoisotopic (exact) mass is 320 g/mol. The number of sulfone groups is 1. The van der Waals surface area contributed by atoms with Gasteiger partial charge in [-0.2, -0.15) is 0 Å².